The summed E-state index contributed by atoms with van der Waals surface area (Å²) in [7, 11) is 0. The zero-order valence-electron chi connectivity index (χ0n) is 17.3. The molecule has 4 rings (SSSR count). The highest BCUT2D eigenvalue weighted by Crippen LogP contribution is 2.17. The summed E-state index contributed by atoms with van der Waals surface area (Å²) >= 11 is 0. The number of piperidine rings is 2. The molecule has 2 heterocycles. The van der Waals surface area contributed by atoms with E-state index in [1.807, 2.05) is 0 Å². The molecule has 154 valence electrons. The number of likely N-dealkylation sites (tertiary alicyclic amines) is 1. The lowest BCUT2D eigenvalue weighted by atomic mass is 10.0. The van der Waals surface area contributed by atoms with Gasteiger partial charge in [0, 0.05) is 37.4 Å². The van der Waals surface area contributed by atoms with Crippen LogP contribution in [0, 0.1) is 0 Å². The quantitative estimate of drug-likeness (QED) is 0.658. The number of hydrogen-bond acceptors (Lipinski definition) is 4. The summed E-state index contributed by atoms with van der Waals surface area (Å²) in [6.45, 7) is 4.47. The van der Waals surface area contributed by atoms with Crippen LogP contribution in [-0.2, 0) is 6.54 Å². The Morgan fingerprint density at radius 2 is 1.66 bits per heavy atom. The van der Waals surface area contributed by atoms with Crippen molar-refractivity contribution in [3.63, 3.8) is 0 Å². The van der Waals surface area contributed by atoms with Gasteiger partial charge in [0.2, 0.25) is 0 Å². The maximum atomic E-state index is 3.82. The Morgan fingerprint density at radius 1 is 0.931 bits per heavy atom. The van der Waals surface area contributed by atoms with E-state index in [0.29, 0.717) is 12.1 Å². The van der Waals surface area contributed by atoms with Gasteiger partial charge in [-0.05, 0) is 56.0 Å². The molecule has 2 aromatic rings. The normalized spacial score (nSPS) is 21.7. The van der Waals surface area contributed by atoms with E-state index in [9.17, 15) is 0 Å². The van der Waals surface area contributed by atoms with Gasteiger partial charge in [-0.1, -0.05) is 55.0 Å². The van der Waals surface area contributed by atoms with Crippen molar-refractivity contribution in [2.75, 3.05) is 25.0 Å². The molecule has 2 aromatic carbocycles. The van der Waals surface area contributed by atoms with Crippen molar-refractivity contribution < 1.29 is 0 Å². The summed E-state index contributed by atoms with van der Waals surface area (Å²) in [5.41, 5.74) is 2.55. The molecule has 2 aliphatic heterocycles. The number of benzene rings is 2. The van der Waals surface area contributed by atoms with E-state index in [4.69, 9.17) is 0 Å². The molecule has 0 aromatic heterocycles. The van der Waals surface area contributed by atoms with Crippen molar-refractivity contribution in [1.82, 2.24) is 15.5 Å². The van der Waals surface area contributed by atoms with Crippen LogP contribution in [0.5, 0.6) is 0 Å². The van der Waals surface area contributed by atoms with Crippen LogP contribution < -0.4 is 16.0 Å². The van der Waals surface area contributed by atoms with Crippen LogP contribution in [0.1, 0.15) is 37.7 Å². The van der Waals surface area contributed by atoms with E-state index < -0.39 is 0 Å². The lowest BCUT2D eigenvalue weighted by Gasteiger charge is -2.34. The minimum Gasteiger partial charge on any atom is -0.369 e. The molecular weight excluding hydrogens is 356 g/mol. The third kappa shape index (κ3) is 6.34. The molecule has 2 saturated heterocycles. The highest BCUT2D eigenvalue weighted by molar-refractivity contribution is 5.47. The summed E-state index contributed by atoms with van der Waals surface area (Å²) in [5, 5.41) is 11.1. The maximum absolute atomic E-state index is 3.82. The van der Waals surface area contributed by atoms with Crippen LogP contribution in [0.3, 0.4) is 0 Å². The van der Waals surface area contributed by atoms with E-state index >= 15 is 0 Å². The first-order chi connectivity index (χ1) is 14.3. The maximum Gasteiger partial charge on any atom is 0.101 e. The zero-order chi connectivity index (χ0) is 19.7. The third-order valence-electron chi connectivity index (χ3n) is 5.97. The highest BCUT2D eigenvalue weighted by Gasteiger charge is 2.20. The van der Waals surface area contributed by atoms with E-state index in [1.165, 1.54) is 37.7 Å². The number of nitrogens with zero attached hydrogens (tertiary/aromatic N) is 1. The van der Waals surface area contributed by atoms with Crippen LogP contribution >= 0.6 is 0 Å². The first-order valence-electron chi connectivity index (χ1n) is 11.2. The van der Waals surface area contributed by atoms with Gasteiger partial charge in [-0.2, -0.15) is 0 Å². The average Bonchev–Trinajstić information content (AvgIpc) is 2.77. The van der Waals surface area contributed by atoms with Gasteiger partial charge in [-0.25, -0.2) is 0 Å². The Bertz CT molecular complexity index is 745. The molecule has 29 heavy (non-hydrogen) atoms. The predicted molar refractivity (Wildman–Crippen MR) is 122 cm³/mol. The largest absolute Gasteiger partial charge is 0.369 e. The fourth-order valence-corrected chi connectivity index (χ4v) is 4.32. The second kappa shape index (κ2) is 10.5. The van der Waals surface area contributed by atoms with E-state index in [0.717, 1.165) is 37.7 Å². The predicted octanol–water partition coefficient (Wildman–Crippen LogP) is 4.34. The highest BCUT2D eigenvalue weighted by atomic mass is 15.2. The van der Waals surface area contributed by atoms with Crippen molar-refractivity contribution in [3.8, 4) is 0 Å². The van der Waals surface area contributed by atoms with Crippen molar-refractivity contribution in [2.24, 2.45) is 0 Å². The first-order valence-corrected chi connectivity index (χ1v) is 11.2. The van der Waals surface area contributed by atoms with Crippen molar-refractivity contribution >= 4 is 5.69 Å². The lowest BCUT2D eigenvalue weighted by Crippen LogP contribution is -2.43. The molecule has 2 fully saturated rings. The first kappa shape index (κ1) is 20.0. The van der Waals surface area contributed by atoms with Crippen molar-refractivity contribution in [3.05, 3.63) is 78.1 Å². The monoisotopic (exact) mass is 390 g/mol. The van der Waals surface area contributed by atoms with Crippen LogP contribution in [-0.4, -0.2) is 36.6 Å². The fourth-order valence-electron chi connectivity index (χ4n) is 4.32. The van der Waals surface area contributed by atoms with Crippen LogP contribution in [0.15, 0.2) is 72.6 Å². The summed E-state index contributed by atoms with van der Waals surface area (Å²) in [5.74, 6) is 1.15. The number of nitrogens with one attached hydrogen (secondary N) is 3. The minimum atomic E-state index is 0.459. The molecule has 0 amide bonds. The smallest absolute Gasteiger partial charge is 0.101 e. The second-order valence-electron chi connectivity index (χ2n) is 8.31. The standard InChI is InChI=1S/C25H34N4/c1-3-9-21(10-4-1)20-29-17-14-23(15-18-29)28-25(19-24-13-7-8-16-26-24)27-22-11-5-2-6-12-22/h1-6,9-12,19,23-24,26-28H,7-8,13-18,20H2/b25-19-. The van der Waals surface area contributed by atoms with Gasteiger partial charge in [0.1, 0.15) is 5.82 Å². The van der Waals surface area contributed by atoms with Crippen LogP contribution in [0.25, 0.3) is 0 Å². The summed E-state index contributed by atoms with van der Waals surface area (Å²) < 4.78 is 0. The average molecular weight is 391 g/mol. The molecule has 4 heteroatoms. The SMILES string of the molecule is C(=C(\Nc1ccccc1)NC1CCN(Cc2ccccc2)CC1)/C1CCCCN1. The fraction of sp³-hybridized carbons (Fsp3) is 0.440. The topological polar surface area (TPSA) is 39.3 Å². The Labute approximate surface area is 175 Å². The lowest BCUT2D eigenvalue weighted by molar-refractivity contribution is 0.195. The Kier molecular flexibility index (Phi) is 7.22. The minimum absolute atomic E-state index is 0.459. The number of anilines is 1. The molecule has 3 N–H and O–H groups in total. The molecule has 4 nitrogen and oxygen atoms in total. The molecule has 0 aliphatic carbocycles. The summed E-state index contributed by atoms with van der Waals surface area (Å²) in [6, 6.07) is 22.3. The van der Waals surface area contributed by atoms with Crippen molar-refractivity contribution in [1.29, 1.82) is 0 Å². The molecule has 0 bridgehead atoms. The van der Waals surface area contributed by atoms with Crippen LogP contribution in [0.4, 0.5) is 5.69 Å². The molecule has 2 aliphatic rings. The van der Waals surface area contributed by atoms with E-state index in [1.54, 1.807) is 0 Å². The molecule has 0 spiro atoms. The Morgan fingerprint density at radius 3 is 2.34 bits per heavy atom. The molecule has 1 unspecified atom stereocenters. The van der Waals surface area contributed by atoms with Gasteiger partial charge in [-0.15, -0.1) is 0 Å². The molecular formula is C25H34N4. The van der Waals surface area contributed by atoms with E-state index in [2.05, 4.69) is 87.6 Å². The second-order valence-corrected chi connectivity index (χ2v) is 8.31. The number of hydrogen-bond donors (Lipinski definition) is 3. The Balaban J connectivity index is 1.34. The molecule has 0 saturated carbocycles. The van der Waals surface area contributed by atoms with Gasteiger partial charge < -0.3 is 16.0 Å². The molecule has 1 atom stereocenters. The van der Waals surface area contributed by atoms with Gasteiger partial charge in [0.05, 0.1) is 0 Å². The van der Waals surface area contributed by atoms with Gasteiger partial charge >= 0.3 is 0 Å². The summed E-state index contributed by atoms with van der Waals surface area (Å²) in [4.78, 5) is 2.57. The number of para-hydroxylation sites is 1. The zero-order valence-corrected chi connectivity index (χ0v) is 17.3. The van der Waals surface area contributed by atoms with Gasteiger partial charge in [0.15, 0.2) is 0 Å². The van der Waals surface area contributed by atoms with Gasteiger partial charge in [0.25, 0.3) is 0 Å². The Hall–Kier alpha value is -2.30. The summed E-state index contributed by atoms with van der Waals surface area (Å²) in [6.07, 6.45) is 8.54. The van der Waals surface area contributed by atoms with Crippen molar-refractivity contribution in [2.45, 2.75) is 50.7 Å². The number of rotatable bonds is 7. The van der Waals surface area contributed by atoms with Crippen LogP contribution in [0.2, 0.25) is 0 Å². The molecule has 0 radical (unpaired) electrons. The third-order valence-corrected chi connectivity index (χ3v) is 5.97. The van der Waals surface area contributed by atoms with E-state index in [-0.39, 0.29) is 0 Å². The van der Waals surface area contributed by atoms with Gasteiger partial charge in [-0.3, -0.25) is 4.90 Å².